The van der Waals surface area contributed by atoms with Gasteiger partial charge in [-0.2, -0.15) is 0 Å². The fourth-order valence-electron chi connectivity index (χ4n) is 4.08. The molecule has 2 heteroatoms. The number of nitrogens with zero attached hydrogens (tertiary/aromatic N) is 2. The van der Waals surface area contributed by atoms with Crippen LogP contribution in [0.5, 0.6) is 0 Å². The lowest BCUT2D eigenvalue weighted by atomic mass is 9.80. The number of hydrogen-bond donors (Lipinski definition) is 0. The van der Waals surface area contributed by atoms with E-state index in [9.17, 15) is 0 Å². The third-order valence-corrected chi connectivity index (χ3v) is 5.39. The van der Waals surface area contributed by atoms with Crippen LogP contribution in [0.25, 0.3) is 5.57 Å². The SMILES string of the molecule is CCC(CC)c1nc(C)nc2c1C1=CC(C)CC=C1C2(C)C. The maximum Gasteiger partial charge on any atom is 0.125 e. The van der Waals surface area contributed by atoms with Crippen molar-refractivity contribution in [1.82, 2.24) is 9.97 Å². The van der Waals surface area contributed by atoms with Crippen molar-refractivity contribution in [1.29, 1.82) is 0 Å². The molecule has 1 atom stereocenters. The minimum absolute atomic E-state index is 0.00971. The second-order valence-corrected chi connectivity index (χ2v) is 7.43. The molecule has 3 rings (SSSR count). The average molecular weight is 296 g/mol. The molecule has 0 N–H and O–H groups in total. The lowest BCUT2D eigenvalue weighted by Gasteiger charge is -2.23. The molecular weight excluding hydrogens is 268 g/mol. The van der Waals surface area contributed by atoms with Gasteiger partial charge in [0.25, 0.3) is 0 Å². The second kappa shape index (κ2) is 5.33. The normalized spacial score (nSPS) is 22.2. The van der Waals surface area contributed by atoms with E-state index < -0.39 is 0 Å². The van der Waals surface area contributed by atoms with Crippen LogP contribution in [0, 0.1) is 12.8 Å². The van der Waals surface area contributed by atoms with Crippen LogP contribution in [0.4, 0.5) is 0 Å². The highest BCUT2D eigenvalue weighted by molar-refractivity contribution is 5.90. The van der Waals surface area contributed by atoms with Crippen LogP contribution in [-0.4, -0.2) is 9.97 Å². The largest absolute Gasteiger partial charge is 0.237 e. The van der Waals surface area contributed by atoms with E-state index in [1.54, 1.807) is 0 Å². The van der Waals surface area contributed by atoms with E-state index >= 15 is 0 Å². The maximum absolute atomic E-state index is 4.89. The average Bonchev–Trinajstić information content (AvgIpc) is 2.68. The molecule has 1 aromatic heterocycles. The first-order valence-electron chi connectivity index (χ1n) is 8.72. The van der Waals surface area contributed by atoms with E-state index in [1.807, 2.05) is 6.92 Å². The molecule has 0 aromatic carbocycles. The molecule has 2 aliphatic rings. The number of aromatic nitrogens is 2. The third-order valence-electron chi connectivity index (χ3n) is 5.39. The number of rotatable bonds is 3. The zero-order valence-corrected chi connectivity index (χ0v) is 14.8. The van der Waals surface area contributed by atoms with Crippen LogP contribution in [0.3, 0.4) is 0 Å². The topological polar surface area (TPSA) is 25.8 Å². The summed E-state index contributed by atoms with van der Waals surface area (Å²) in [5.74, 6) is 2.06. The predicted molar refractivity (Wildman–Crippen MR) is 93.0 cm³/mol. The van der Waals surface area contributed by atoms with Gasteiger partial charge in [-0.05, 0) is 43.3 Å². The summed E-state index contributed by atoms with van der Waals surface area (Å²) in [5, 5.41) is 0. The Morgan fingerprint density at radius 2 is 1.91 bits per heavy atom. The van der Waals surface area contributed by atoms with Gasteiger partial charge in [0, 0.05) is 16.9 Å². The van der Waals surface area contributed by atoms with Crippen molar-refractivity contribution in [2.45, 2.75) is 72.1 Å². The van der Waals surface area contributed by atoms with Gasteiger partial charge in [0.15, 0.2) is 0 Å². The number of aryl methyl sites for hydroxylation is 1. The summed E-state index contributed by atoms with van der Waals surface area (Å²) >= 11 is 0. The third kappa shape index (κ3) is 2.15. The van der Waals surface area contributed by atoms with E-state index in [4.69, 9.17) is 9.97 Å². The molecule has 0 spiro atoms. The molecule has 1 heterocycles. The second-order valence-electron chi connectivity index (χ2n) is 7.43. The van der Waals surface area contributed by atoms with Crippen LogP contribution in [0.1, 0.15) is 82.6 Å². The van der Waals surface area contributed by atoms with Crippen molar-refractivity contribution in [3.8, 4) is 0 Å². The Hall–Kier alpha value is -1.44. The van der Waals surface area contributed by atoms with Crippen LogP contribution >= 0.6 is 0 Å². The van der Waals surface area contributed by atoms with E-state index in [0.717, 1.165) is 25.1 Å². The molecule has 2 nitrogen and oxygen atoms in total. The molecule has 1 aromatic rings. The number of fused-ring (bicyclic) bond motifs is 3. The van der Waals surface area contributed by atoms with Crippen molar-refractivity contribution in [3.05, 3.63) is 40.5 Å². The zero-order chi connectivity index (χ0) is 16.1. The van der Waals surface area contributed by atoms with Crippen LogP contribution in [0.2, 0.25) is 0 Å². The van der Waals surface area contributed by atoms with Crippen molar-refractivity contribution in [2.75, 3.05) is 0 Å². The fourth-order valence-corrected chi connectivity index (χ4v) is 4.08. The lowest BCUT2D eigenvalue weighted by molar-refractivity contribution is 0.594. The van der Waals surface area contributed by atoms with Gasteiger partial charge in [0.05, 0.1) is 11.4 Å². The highest BCUT2D eigenvalue weighted by Crippen LogP contribution is 2.53. The summed E-state index contributed by atoms with van der Waals surface area (Å²) in [6, 6.07) is 0. The van der Waals surface area contributed by atoms with Gasteiger partial charge in [0.1, 0.15) is 5.82 Å². The van der Waals surface area contributed by atoms with Gasteiger partial charge < -0.3 is 0 Å². The summed E-state index contributed by atoms with van der Waals surface area (Å²) in [6.07, 6.45) is 8.31. The molecule has 22 heavy (non-hydrogen) atoms. The maximum atomic E-state index is 4.89. The first-order chi connectivity index (χ1) is 10.4. The molecule has 0 bridgehead atoms. The van der Waals surface area contributed by atoms with Gasteiger partial charge in [0.2, 0.25) is 0 Å². The van der Waals surface area contributed by atoms with E-state index in [0.29, 0.717) is 11.8 Å². The smallest absolute Gasteiger partial charge is 0.125 e. The summed E-state index contributed by atoms with van der Waals surface area (Å²) in [5.41, 5.74) is 6.77. The summed E-state index contributed by atoms with van der Waals surface area (Å²) < 4.78 is 0. The first kappa shape index (κ1) is 15.5. The van der Waals surface area contributed by atoms with Gasteiger partial charge in [-0.25, -0.2) is 9.97 Å². The zero-order valence-electron chi connectivity index (χ0n) is 14.8. The van der Waals surface area contributed by atoms with Gasteiger partial charge in [-0.3, -0.25) is 0 Å². The highest BCUT2D eigenvalue weighted by Gasteiger charge is 2.43. The van der Waals surface area contributed by atoms with Gasteiger partial charge in [-0.15, -0.1) is 0 Å². The molecule has 0 saturated carbocycles. The van der Waals surface area contributed by atoms with Crippen molar-refractivity contribution >= 4 is 5.57 Å². The number of hydrogen-bond acceptors (Lipinski definition) is 2. The van der Waals surface area contributed by atoms with Gasteiger partial charge >= 0.3 is 0 Å². The fraction of sp³-hybridized carbons (Fsp3) is 0.600. The molecule has 0 saturated heterocycles. The Morgan fingerprint density at radius 1 is 1.23 bits per heavy atom. The minimum atomic E-state index is 0.00971. The Labute approximate surface area is 134 Å². The van der Waals surface area contributed by atoms with Gasteiger partial charge in [-0.1, -0.05) is 46.8 Å². The van der Waals surface area contributed by atoms with Crippen LogP contribution < -0.4 is 0 Å². The Bertz CT molecular complexity index is 661. The lowest BCUT2D eigenvalue weighted by Crippen LogP contribution is -2.19. The summed E-state index contributed by atoms with van der Waals surface area (Å²) in [7, 11) is 0. The van der Waals surface area contributed by atoms with Crippen LogP contribution in [0.15, 0.2) is 17.7 Å². The monoisotopic (exact) mass is 296 g/mol. The molecule has 0 radical (unpaired) electrons. The standard InChI is InChI=1S/C20H28N2/c1-7-14(8-2)18-17-15-11-12(3)9-10-16(15)20(5,6)19(17)22-13(4)21-18/h10-12,14H,7-9H2,1-6H3. The molecular formula is C20H28N2. The molecule has 0 fully saturated rings. The van der Waals surface area contributed by atoms with E-state index in [2.05, 4.69) is 46.8 Å². The molecule has 2 aliphatic carbocycles. The Balaban J connectivity index is 2.31. The predicted octanol–water partition coefficient (Wildman–Crippen LogP) is 5.33. The molecule has 0 aliphatic heterocycles. The Morgan fingerprint density at radius 3 is 2.55 bits per heavy atom. The van der Waals surface area contributed by atoms with Crippen molar-refractivity contribution in [2.24, 2.45) is 5.92 Å². The number of allylic oxidation sites excluding steroid dienone is 4. The summed E-state index contributed by atoms with van der Waals surface area (Å²) in [6.45, 7) is 13.5. The van der Waals surface area contributed by atoms with E-state index in [-0.39, 0.29) is 5.41 Å². The van der Waals surface area contributed by atoms with Crippen molar-refractivity contribution < 1.29 is 0 Å². The molecule has 1 unspecified atom stereocenters. The Kier molecular flexibility index (Phi) is 3.74. The van der Waals surface area contributed by atoms with Crippen molar-refractivity contribution in [3.63, 3.8) is 0 Å². The molecule has 0 amide bonds. The summed E-state index contributed by atoms with van der Waals surface area (Å²) in [4.78, 5) is 9.76. The quantitative estimate of drug-likeness (QED) is 0.753. The highest BCUT2D eigenvalue weighted by atomic mass is 14.9. The van der Waals surface area contributed by atoms with E-state index in [1.165, 1.54) is 28.1 Å². The molecule has 118 valence electrons. The minimum Gasteiger partial charge on any atom is -0.237 e. The van der Waals surface area contributed by atoms with Crippen LogP contribution in [-0.2, 0) is 5.41 Å². The first-order valence-corrected chi connectivity index (χ1v) is 8.72.